The average molecular weight is 252 g/mol. The van der Waals surface area contributed by atoms with Crippen molar-refractivity contribution in [1.82, 2.24) is 0 Å². The first kappa shape index (κ1) is 15.0. The summed E-state index contributed by atoms with van der Waals surface area (Å²) in [5.74, 6) is 0.838. The molecule has 0 aliphatic heterocycles. The number of hydrogen-bond acceptors (Lipinski definition) is 3. The van der Waals surface area contributed by atoms with Gasteiger partial charge in [-0.05, 0) is 50.8 Å². The predicted octanol–water partition coefficient (Wildman–Crippen LogP) is 2.85. The van der Waals surface area contributed by atoms with Crippen molar-refractivity contribution >= 4 is 0 Å². The molecule has 0 saturated heterocycles. The molecule has 0 unspecified atom stereocenters. The highest BCUT2D eigenvalue weighted by Crippen LogP contribution is 2.22. The van der Waals surface area contributed by atoms with Crippen molar-refractivity contribution in [3.05, 3.63) is 29.8 Å². The van der Waals surface area contributed by atoms with Crippen LogP contribution in [0.25, 0.3) is 0 Å². The van der Waals surface area contributed by atoms with Gasteiger partial charge in [-0.25, -0.2) is 0 Å². The fourth-order valence-electron chi connectivity index (χ4n) is 1.72. The van der Waals surface area contributed by atoms with Crippen LogP contribution in [0.4, 0.5) is 0 Å². The first-order chi connectivity index (χ1) is 8.54. The first-order valence-electron chi connectivity index (χ1n) is 6.60. The molecule has 0 saturated carbocycles. The van der Waals surface area contributed by atoms with Crippen molar-refractivity contribution in [3.63, 3.8) is 0 Å². The molecule has 0 bridgehead atoms. The van der Waals surface area contributed by atoms with Crippen molar-refractivity contribution in [3.8, 4) is 5.75 Å². The van der Waals surface area contributed by atoms with Crippen LogP contribution in [0.5, 0.6) is 5.75 Å². The van der Waals surface area contributed by atoms with Gasteiger partial charge in [0, 0.05) is 6.61 Å². The molecule has 102 valence electrons. The van der Waals surface area contributed by atoms with Crippen LogP contribution in [-0.2, 0) is 5.60 Å². The highest BCUT2D eigenvalue weighted by molar-refractivity contribution is 5.30. The van der Waals surface area contributed by atoms with Gasteiger partial charge in [0.1, 0.15) is 5.75 Å². The maximum Gasteiger partial charge on any atom is 0.119 e. The first-order valence-corrected chi connectivity index (χ1v) is 6.60. The Labute approximate surface area is 109 Å². The van der Waals surface area contributed by atoms with Crippen LogP contribution in [0.15, 0.2) is 24.3 Å². The molecule has 0 fully saturated rings. The Morgan fingerprint density at radius 2 is 1.61 bits per heavy atom. The minimum Gasteiger partial charge on any atom is -0.494 e. The molecule has 0 heterocycles. The summed E-state index contributed by atoms with van der Waals surface area (Å²) in [6.07, 6.45) is 4.02. The zero-order chi connectivity index (χ0) is 13.4. The van der Waals surface area contributed by atoms with E-state index in [1.54, 1.807) is 13.8 Å². The molecule has 0 radical (unpaired) electrons. The fraction of sp³-hybridized carbons (Fsp3) is 0.600. The van der Waals surface area contributed by atoms with E-state index in [4.69, 9.17) is 9.84 Å². The molecule has 0 aliphatic carbocycles. The maximum atomic E-state index is 9.82. The van der Waals surface area contributed by atoms with Crippen LogP contribution >= 0.6 is 0 Å². The Hall–Kier alpha value is -1.06. The van der Waals surface area contributed by atoms with E-state index in [-0.39, 0.29) is 6.61 Å². The molecular formula is C15H24O3. The molecule has 3 heteroatoms. The van der Waals surface area contributed by atoms with E-state index in [1.807, 2.05) is 24.3 Å². The monoisotopic (exact) mass is 252 g/mol. The van der Waals surface area contributed by atoms with Crippen molar-refractivity contribution in [1.29, 1.82) is 0 Å². The van der Waals surface area contributed by atoms with Gasteiger partial charge >= 0.3 is 0 Å². The van der Waals surface area contributed by atoms with Crippen molar-refractivity contribution in [2.75, 3.05) is 13.2 Å². The van der Waals surface area contributed by atoms with E-state index in [1.165, 1.54) is 0 Å². The van der Waals surface area contributed by atoms with Gasteiger partial charge in [-0.2, -0.15) is 0 Å². The maximum absolute atomic E-state index is 9.82. The SMILES string of the molecule is CC(C)(O)c1ccc(OCCCCCCO)cc1. The van der Waals surface area contributed by atoms with Gasteiger partial charge in [0.2, 0.25) is 0 Å². The molecule has 0 spiro atoms. The second kappa shape index (κ2) is 7.39. The van der Waals surface area contributed by atoms with Gasteiger partial charge in [-0.1, -0.05) is 18.6 Å². The van der Waals surface area contributed by atoms with Crippen LogP contribution < -0.4 is 4.74 Å². The smallest absolute Gasteiger partial charge is 0.119 e. The van der Waals surface area contributed by atoms with E-state index in [0.29, 0.717) is 6.61 Å². The summed E-state index contributed by atoms with van der Waals surface area (Å²) in [6, 6.07) is 7.56. The lowest BCUT2D eigenvalue weighted by Crippen LogP contribution is -2.15. The topological polar surface area (TPSA) is 49.7 Å². The van der Waals surface area contributed by atoms with Crippen LogP contribution in [-0.4, -0.2) is 23.4 Å². The number of hydrogen-bond donors (Lipinski definition) is 2. The Balaban J connectivity index is 2.27. The van der Waals surface area contributed by atoms with Gasteiger partial charge in [0.15, 0.2) is 0 Å². The van der Waals surface area contributed by atoms with E-state index in [0.717, 1.165) is 37.0 Å². The summed E-state index contributed by atoms with van der Waals surface area (Å²) in [7, 11) is 0. The van der Waals surface area contributed by atoms with Crippen molar-refractivity contribution in [2.45, 2.75) is 45.1 Å². The van der Waals surface area contributed by atoms with Gasteiger partial charge in [0.05, 0.1) is 12.2 Å². The minimum absolute atomic E-state index is 0.277. The molecular weight excluding hydrogens is 228 g/mol. The summed E-state index contributed by atoms with van der Waals surface area (Å²) in [5, 5.41) is 18.5. The molecule has 0 atom stereocenters. The van der Waals surface area contributed by atoms with Crippen molar-refractivity contribution in [2.24, 2.45) is 0 Å². The highest BCUT2D eigenvalue weighted by Gasteiger charge is 2.15. The number of aliphatic hydroxyl groups excluding tert-OH is 1. The van der Waals surface area contributed by atoms with Gasteiger partial charge in [-0.15, -0.1) is 0 Å². The zero-order valence-electron chi connectivity index (χ0n) is 11.4. The average Bonchev–Trinajstić information content (AvgIpc) is 2.33. The standard InChI is InChI=1S/C15H24O3/c1-15(2,17)13-7-9-14(10-8-13)18-12-6-4-3-5-11-16/h7-10,16-17H,3-6,11-12H2,1-2H3. The largest absolute Gasteiger partial charge is 0.494 e. The van der Waals surface area contributed by atoms with Crippen molar-refractivity contribution < 1.29 is 14.9 Å². The van der Waals surface area contributed by atoms with Crippen LogP contribution in [0.3, 0.4) is 0 Å². The number of rotatable bonds is 8. The minimum atomic E-state index is -0.803. The van der Waals surface area contributed by atoms with E-state index < -0.39 is 5.60 Å². The number of aliphatic hydroxyl groups is 2. The quantitative estimate of drug-likeness (QED) is 0.699. The molecule has 1 aromatic rings. The highest BCUT2D eigenvalue weighted by atomic mass is 16.5. The Morgan fingerprint density at radius 1 is 1.00 bits per heavy atom. The van der Waals surface area contributed by atoms with Gasteiger partial charge < -0.3 is 14.9 Å². The van der Waals surface area contributed by atoms with E-state index >= 15 is 0 Å². The van der Waals surface area contributed by atoms with Gasteiger partial charge in [0.25, 0.3) is 0 Å². The summed E-state index contributed by atoms with van der Waals surface area (Å²) in [5.41, 5.74) is 0.0841. The number of unbranched alkanes of at least 4 members (excludes halogenated alkanes) is 3. The summed E-state index contributed by atoms with van der Waals surface area (Å²) in [6.45, 7) is 4.51. The third kappa shape index (κ3) is 5.52. The molecule has 18 heavy (non-hydrogen) atoms. The predicted molar refractivity (Wildman–Crippen MR) is 72.7 cm³/mol. The third-order valence-corrected chi connectivity index (χ3v) is 2.88. The summed E-state index contributed by atoms with van der Waals surface area (Å²) in [4.78, 5) is 0. The number of ether oxygens (including phenoxy) is 1. The molecule has 1 aromatic carbocycles. The lowest BCUT2D eigenvalue weighted by Gasteiger charge is -2.17. The summed E-state index contributed by atoms with van der Waals surface area (Å²) < 4.78 is 5.61. The lowest BCUT2D eigenvalue weighted by molar-refractivity contribution is 0.0785. The molecule has 2 N–H and O–H groups in total. The molecule has 0 aromatic heterocycles. The molecule has 0 amide bonds. The number of benzene rings is 1. The normalized spacial score (nSPS) is 11.6. The van der Waals surface area contributed by atoms with Crippen LogP contribution in [0, 0.1) is 0 Å². The van der Waals surface area contributed by atoms with Gasteiger partial charge in [-0.3, -0.25) is 0 Å². The zero-order valence-corrected chi connectivity index (χ0v) is 11.4. The Kier molecular flexibility index (Phi) is 6.16. The molecule has 0 aliphatic rings. The van der Waals surface area contributed by atoms with Crippen LogP contribution in [0.1, 0.15) is 45.1 Å². The van der Waals surface area contributed by atoms with E-state index in [9.17, 15) is 5.11 Å². The molecule has 3 nitrogen and oxygen atoms in total. The fourth-order valence-corrected chi connectivity index (χ4v) is 1.72. The molecule has 1 rings (SSSR count). The lowest BCUT2D eigenvalue weighted by atomic mass is 9.99. The second-order valence-electron chi connectivity index (χ2n) is 5.07. The van der Waals surface area contributed by atoms with Crippen LogP contribution in [0.2, 0.25) is 0 Å². The third-order valence-electron chi connectivity index (χ3n) is 2.88. The Bertz CT molecular complexity index is 325. The van der Waals surface area contributed by atoms with E-state index in [2.05, 4.69) is 0 Å². The summed E-state index contributed by atoms with van der Waals surface area (Å²) >= 11 is 0. The Morgan fingerprint density at radius 3 is 2.17 bits per heavy atom. The second-order valence-corrected chi connectivity index (χ2v) is 5.07.